The molecule has 0 saturated heterocycles. The van der Waals surface area contributed by atoms with Crippen LogP contribution in [0.1, 0.15) is 23.8 Å². The number of ether oxygens (including phenoxy) is 1. The second-order valence-electron chi connectivity index (χ2n) is 4.58. The molecule has 112 valence electrons. The van der Waals surface area contributed by atoms with Gasteiger partial charge in [0.15, 0.2) is 0 Å². The zero-order valence-corrected chi connectivity index (χ0v) is 12.1. The van der Waals surface area contributed by atoms with Gasteiger partial charge in [-0.2, -0.15) is 0 Å². The van der Waals surface area contributed by atoms with Gasteiger partial charge in [0.05, 0.1) is 18.6 Å². The number of para-hydroxylation sites is 2. The second-order valence-corrected chi connectivity index (χ2v) is 4.58. The number of rotatable bonds is 7. The number of benzene rings is 1. The smallest absolute Gasteiger partial charge is 0.275 e. The number of nitrogens with one attached hydrogen (secondary N) is 1. The molecule has 2 rings (SSSR count). The lowest BCUT2D eigenvalue weighted by atomic mass is 10.3. The van der Waals surface area contributed by atoms with E-state index in [9.17, 15) is 4.79 Å². The standard InChI is InChI=1S/C15H20N4O2/c1-2-9-21-14-6-4-3-5-12(14)18-15(20)13-10-19(8-7-16)11-17-13/h3-6,10-11H,2,7-9,16H2,1H3,(H,18,20). The molecular formula is C15H20N4O2. The number of aromatic nitrogens is 2. The average Bonchev–Trinajstić information content (AvgIpc) is 2.95. The number of nitrogens with two attached hydrogens (primary N) is 1. The summed E-state index contributed by atoms with van der Waals surface area (Å²) in [7, 11) is 0. The van der Waals surface area contributed by atoms with Gasteiger partial charge in [-0.05, 0) is 18.6 Å². The monoisotopic (exact) mass is 288 g/mol. The van der Waals surface area contributed by atoms with Crippen molar-refractivity contribution in [2.24, 2.45) is 5.73 Å². The number of carbonyl (C=O) groups is 1. The van der Waals surface area contributed by atoms with Crippen LogP contribution in [0.15, 0.2) is 36.8 Å². The van der Waals surface area contributed by atoms with Crippen molar-refractivity contribution in [3.63, 3.8) is 0 Å². The first-order valence-corrected chi connectivity index (χ1v) is 6.99. The van der Waals surface area contributed by atoms with Crippen LogP contribution in [0.4, 0.5) is 5.69 Å². The quantitative estimate of drug-likeness (QED) is 0.815. The molecule has 1 aromatic carbocycles. The van der Waals surface area contributed by atoms with Gasteiger partial charge in [0, 0.05) is 19.3 Å². The van der Waals surface area contributed by atoms with Gasteiger partial charge < -0.3 is 20.4 Å². The summed E-state index contributed by atoms with van der Waals surface area (Å²) in [5.74, 6) is 0.396. The Morgan fingerprint density at radius 3 is 3.00 bits per heavy atom. The highest BCUT2D eigenvalue weighted by atomic mass is 16.5. The maximum absolute atomic E-state index is 12.2. The van der Waals surface area contributed by atoms with Crippen LogP contribution in [0.25, 0.3) is 0 Å². The normalized spacial score (nSPS) is 10.4. The maximum Gasteiger partial charge on any atom is 0.275 e. The van der Waals surface area contributed by atoms with Crippen molar-refractivity contribution in [3.05, 3.63) is 42.5 Å². The molecule has 1 heterocycles. The van der Waals surface area contributed by atoms with Crippen molar-refractivity contribution in [2.45, 2.75) is 19.9 Å². The molecule has 0 aliphatic carbocycles. The molecule has 3 N–H and O–H groups in total. The highest BCUT2D eigenvalue weighted by molar-refractivity contribution is 6.03. The van der Waals surface area contributed by atoms with Gasteiger partial charge >= 0.3 is 0 Å². The summed E-state index contributed by atoms with van der Waals surface area (Å²) in [6.07, 6.45) is 4.19. The largest absolute Gasteiger partial charge is 0.491 e. The molecule has 2 aromatic rings. The van der Waals surface area contributed by atoms with Crippen LogP contribution >= 0.6 is 0 Å². The van der Waals surface area contributed by atoms with E-state index in [0.717, 1.165) is 6.42 Å². The molecule has 0 bridgehead atoms. The Hall–Kier alpha value is -2.34. The minimum absolute atomic E-state index is 0.265. The highest BCUT2D eigenvalue weighted by Gasteiger charge is 2.12. The minimum atomic E-state index is -0.265. The molecular weight excluding hydrogens is 268 g/mol. The third-order valence-corrected chi connectivity index (χ3v) is 2.85. The van der Waals surface area contributed by atoms with Crippen molar-refractivity contribution < 1.29 is 9.53 Å². The van der Waals surface area contributed by atoms with Crippen LogP contribution in [-0.2, 0) is 6.54 Å². The Kier molecular flexibility index (Phi) is 5.34. The third-order valence-electron chi connectivity index (χ3n) is 2.85. The fraction of sp³-hybridized carbons (Fsp3) is 0.333. The maximum atomic E-state index is 12.2. The lowest BCUT2D eigenvalue weighted by Crippen LogP contribution is -2.14. The molecule has 0 radical (unpaired) electrons. The summed E-state index contributed by atoms with van der Waals surface area (Å²) in [4.78, 5) is 16.3. The molecule has 1 aromatic heterocycles. The lowest BCUT2D eigenvalue weighted by Gasteiger charge is -2.11. The Bertz CT molecular complexity index is 595. The molecule has 0 aliphatic rings. The van der Waals surface area contributed by atoms with E-state index >= 15 is 0 Å². The zero-order valence-electron chi connectivity index (χ0n) is 12.1. The zero-order chi connectivity index (χ0) is 15.1. The highest BCUT2D eigenvalue weighted by Crippen LogP contribution is 2.24. The first-order valence-electron chi connectivity index (χ1n) is 6.99. The number of carbonyl (C=O) groups excluding carboxylic acids is 1. The van der Waals surface area contributed by atoms with E-state index in [1.807, 2.05) is 25.1 Å². The van der Waals surface area contributed by atoms with Gasteiger partial charge in [-0.3, -0.25) is 4.79 Å². The van der Waals surface area contributed by atoms with E-state index in [4.69, 9.17) is 10.5 Å². The van der Waals surface area contributed by atoms with Gasteiger partial charge in [0.25, 0.3) is 5.91 Å². The summed E-state index contributed by atoms with van der Waals surface area (Å²) in [6.45, 7) is 3.78. The fourth-order valence-corrected chi connectivity index (χ4v) is 1.84. The van der Waals surface area contributed by atoms with E-state index < -0.39 is 0 Å². The van der Waals surface area contributed by atoms with Crippen LogP contribution < -0.4 is 15.8 Å². The Morgan fingerprint density at radius 2 is 2.24 bits per heavy atom. The molecule has 1 amide bonds. The Morgan fingerprint density at radius 1 is 1.43 bits per heavy atom. The van der Waals surface area contributed by atoms with E-state index in [0.29, 0.717) is 36.8 Å². The van der Waals surface area contributed by atoms with Crippen molar-refractivity contribution in [2.75, 3.05) is 18.5 Å². The molecule has 21 heavy (non-hydrogen) atoms. The topological polar surface area (TPSA) is 82.2 Å². The minimum Gasteiger partial charge on any atom is -0.491 e. The summed E-state index contributed by atoms with van der Waals surface area (Å²) in [5, 5.41) is 2.82. The molecule has 0 fully saturated rings. The van der Waals surface area contributed by atoms with Crippen molar-refractivity contribution in [1.82, 2.24) is 9.55 Å². The van der Waals surface area contributed by atoms with Gasteiger partial charge in [-0.15, -0.1) is 0 Å². The van der Waals surface area contributed by atoms with E-state index in [-0.39, 0.29) is 5.91 Å². The van der Waals surface area contributed by atoms with Crippen LogP contribution in [0, 0.1) is 0 Å². The van der Waals surface area contributed by atoms with E-state index in [2.05, 4.69) is 10.3 Å². The summed E-state index contributed by atoms with van der Waals surface area (Å²) < 4.78 is 7.40. The number of nitrogens with zero attached hydrogens (tertiary/aromatic N) is 2. The molecule has 6 heteroatoms. The number of hydrogen-bond donors (Lipinski definition) is 2. The fourth-order valence-electron chi connectivity index (χ4n) is 1.84. The predicted octanol–water partition coefficient (Wildman–Crippen LogP) is 1.88. The molecule has 0 saturated carbocycles. The summed E-state index contributed by atoms with van der Waals surface area (Å²) in [6, 6.07) is 7.36. The lowest BCUT2D eigenvalue weighted by molar-refractivity contribution is 0.102. The molecule has 0 aliphatic heterocycles. The molecule has 0 spiro atoms. The van der Waals surface area contributed by atoms with Gasteiger partial charge in [-0.1, -0.05) is 19.1 Å². The second kappa shape index (κ2) is 7.44. The summed E-state index contributed by atoms with van der Waals surface area (Å²) in [5.41, 5.74) is 6.47. The molecule has 6 nitrogen and oxygen atoms in total. The number of imidazole rings is 1. The van der Waals surface area contributed by atoms with Crippen molar-refractivity contribution in [3.8, 4) is 5.75 Å². The average molecular weight is 288 g/mol. The first kappa shape index (κ1) is 15.1. The van der Waals surface area contributed by atoms with Crippen molar-refractivity contribution in [1.29, 1.82) is 0 Å². The van der Waals surface area contributed by atoms with Gasteiger partial charge in [0.1, 0.15) is 11.4 Å². The summed E-state index contributed by atoms with van der Waals surface area (Å²) >= 11 is 0. The molecule has 0 atom stereocenters. The first-order chi connectivity index (χ1) is 10.2. The Balaban J connectivity index is 2.07. The van der Waals surface area contributed by atoms with Crippen LogP contribution in [0.2, 0.25) is 0 Å². The van der Waals surface area contributed by atoms with Crippen LogP contribution in [-0.4, -0.2) is 28.6 Å². The third kappa shape index (κ3) is 4.06. The van der Waals surface area contributed by atoms with Crippen LogP contribution in [0.3, 0.4) is 0 Å². The number of hydrogen-bond acceptors (Lipinski definition) is 4. The number of anilines is 1. The number of amides is 1. The van der Waals surface area contributed by atoms with Gasteiger partial charge in [-0.25, -0.2) is 4.98 Å². The predicted molar refractivity (Wildman–Crippen MR) is 81.5 cm³/mol. The van der Waals surface area contributed by atoms with Crippen molar-refractivity contribution >= 4 is 11.6 Å². The van der Waals surface area contributed by atoms with E-state index in [1.165, 1.54) is 0 Å². The molecule has 0 unspecified atom stereocenters. The SMILES string of the molecule is CCCOc1ccccc1NC(=O)c1cn(CCN)cn1. The van der Waals surface area contributed by atoms with Crippen LogP contribution in [0.5, 0.6) is 5.75 Å². The van der Waals surface area contributed by atoms with Gasteiger partial charge in [0.2, 0.25) is 0 Å². The van der Waals surface area contributed by atoms with E-state index in [1.54, 1.807) is 23.2 Å². The Labute approximate surface area is 123 Å².